The second-order valence-corrected chi connectivity index (χ2v) is 8.32. The van der Waals surface area contributed by atoms with Crippen LogP contribution >= 0.6 is 35.1 Å². The van der Waals surface area contributed by atoms with Crippen molar-refractivity contribution in [2.45, 2.75) is 11.8 Å². The Labute approximate surface area is 199 Å². The maximum atomic E-state index is 13.1. The van der Waals surface area contributed by atoms with Crippen LogP contribution in [-0.4, -0.2) is 18.3 Å². The number of nitrogens with two attached hydrogens (primary N) is 1. The molecular formula is C23H17Cl2N3O3S. The molecule has 9 heteroatoms. The number of carbonyl (C=O) groups excluding carboxylic acids is 2. The number of aryl methyl sites for hydroxylation is 1. The zero-order valence-corrected chi connectivity index (χ0v) is 19.1. The first-order valence-corrected chi connectivity index (χ1v) is 10.9. The third kappa shape index (κ3) is 5.81. The summed E-state index contributed by atoms with van der Waals surface area (Å²) in [6.45, 7) is 1.53. The Hall–Kier alpha value is -3.02. The minimum absolute atomic E-state index is 0.150. The van der Waals surface area contributed by atoms with Crippen LogP contribution in [0.4, 0.5) is 5.69 Å². The lowest BCUT2D eigenvalue weighted by Gasteiger charge is -2.13. The van der Waals surface area contributed by atoms with Crippen molar-refractivity contribution in [3.63, 3.8) is 0 Å². The zero-order chi connectivity index (χ0) is 23.3. The van der Waals surface area contributed by atoms with Crippen molar-refractivity contribution in [2.24, 2.45) is 5.14 Å². The third-order valence-corrected chi connectivity index (χ3v) is 5.42. The van der Waals surface area contributed by atoms with Crippen LogP contribution in [0.25, 0.3) is 0 Å². The molecule has 0 saturated heterocycles. The highest BCUT2D eigenvalue weighted by molar-refractivity contribution is 7.97. The predicted molar refractivity (Wildman–Crippen MR) is 126 cm³/mol. The summed E-state index contributed by atoms with van der Waals surface area (Å²) in [7, 11) is 0. The van der Waals surface area contributed by atoms with E-state index in [4.69, 9.17) is 38.3 Å². The van der Waals surface area contributed by atoms with E-state index in [1.165, 1.54) is 30.3 Å². The molecule has 0 atom stereocenters. The molecule has 32 heavy (non-hydrogen) atoms. The Morgan fingerprint density at radius 2 is 1.88 bits per heavy atom. The van der Waals surface area contributed by atoms with Crippen molar-refractivity contribution in [2.75, 3.05) is 11.9 Å². The molecule has 0 saturated carbocycles. The normalized spacial score (nSPS) is 10.3. The highest BCUT2D eigenvalue weighted by atomic mass is 35.5. The summed E-state index contributed by atoms with van der Waals surface area (Å²) in [5.41, 5.74) is 2.09. The van der Waals surface area contributed by atoms with Crippen molar-refractivity contribution in [3.05, 3.63) is 86.9 Å². The van der Waals surface area contributed by atoms with E-state index in [2.05, 4.69) is 5.32 Å². The average molecular weight is 486 g/mol. The van der Waals surface area contributed by atoms with Crippen LogP contribution in [0.3, 0.4) is 0 Å². The molecule has 0 bridgehead atoms. The number of nitrogens with one attached hydrogen (secondary N) is 1. The van der Waals surface area contributed by atoms with Crippen LogP contribution in [0.2, 0.25) is 10.0 Å². The third-order valence-electron chi connectivity index (χ3n) is 4.44. The summed E-state index contributed by atoms with van der Waals surface area (Å²) in [6, 6.07) is 16.2. The maximum Gasteiger partial charge on any atom is 0.262 e. The molecule has 162 valence electrons. The Morgan fingerprint density at radius 3 is 2.56 bits per heavy atom. The maximum absolute atomic E-state index is 13.1. The first kappa shape index (κ1) is 23.6. The van der Waals surface area contributed by atoms with Gasteiger partial charge in [0, 0.05) is 26.2 Å². The molecule has 3 rings (SSSR count). The topological polar surface area (TPSA) is 105 Å². The molecule has 0 aliphatic carbocycles. The molecule has 3 aromatic rings. The van der Waals surface area contributed by atoms with Crippen LogP contribution in [0.15, 0.2) is 59.5 Å². The van der Waals surface area contributed by atoms with E-state index in [1.54, 1.807) is 18.2 Å². The van der Waals surface area contributed by atoms with Crippen molar-refractivity contribution in [3.8, 4) is 11.8 Å². The van der Waals surface area contributed by atoms with Crippen molar-refractivity contribution in [1.29, 1.82) is 5.26 Å². The molecule has 0 aromatic heterocycles. The summed E-state index contributed by atoms with van der Waals surface area (Å²) in [5.74, 6) is -0.656. The largest absolute Gasteiger partial charge is 0.483 e. The molecule has 3 aromatic carbocycles. The van der Waals surface area contributed by atoms with Gasteiger partial charge < -0.3 is 10.1 Å². The van der Waals surface area contributed by atoms with Gasteiger partial charge in [-0.2, -0.15) is 5.26 Å². The zero-order valence-electron chi connectivity index (χ0n) is 16.8. The van der Waals surface area contributed by atoms with Gasteiger partial charge in [-0.1, -0.05) is 23.2 Å². The van der Waals surface area contributed by atoms with Gasteiger partial charge in [0.15, 0.2) is 12.4 Å². The minimum Gasteiger partial charge on any atom is -0.483 e. The first-order valence-electron chi connectivity index (χ1n) is 9.25. The summed E-state index contributed by atoms with van der Waals surface area (Å²) < 4.78 is 5.63. The monoisotopic (exact) mass is 485 g/mol. The van der Waals surface area contributed by atoms with Crippen LogP contribution < -0.4 is 15.2 Å². The minimum atomic E-state index is -0.437. The molecule has 0 fully saturated rings. The molecule has 1 amide bonds. The number of nitriles is 1. The van der Waals surface area contributed by atoms with Gasteiger partial charge in [-0.25, -0.2) is 0 Å². The number of rotatable bonds is 7. The van der Waals surface area contributed by atoms with Crippen molar-refractivity contribution >= 4 is 52.5 Å². The van der Waals surface area contributed by atoms with E-state index in [0.717, 1.165) is 22.4 Å². The number of ketones is 1. The highest BCUT2D eigenvalue weighted by Crippen LogP contribution is 2.27. The lowest BCUT2D eigenvalue weighted by Crippen LogP contribution is -2.21. The number of hydrogen-bond acceptors (Lipinski definition) is 6. The second-order valence-electron chi connectivity index (χ2n) is 6.74. The van der Waals surface area contributed by atoms with Crippen molar-refractivity contribution < 1.29 is 14.3 Å². The van der Waals surface area contributed by atoms with E-state index in [-0.39, 0.29) is 34.1 Å². The molecule has 0 aliphatic heterocycles. The van der Waals surface area contributed by atoms with Gasteiger partial charge in [0.2, 0.25) is 0 Å². The van der Waals surface area contributed by atoms with Gasteiger partial charge in [-0.15, -0.1) is 0 Å². The number of ether oxygens (including phenoxy) is 1. The molecule has 0 radical (unpaired) electrons. The Bertz CT molecular complexity index is 1240. The Balaban J connectivity index is 1.78. The fourth-order valence-electron chi connectivity index (χ4n) is 2.93. The molecule has 6 nitrogen and oxygen atoms in total. The van der Waals surface area contributed by atoms with Gasteiger partial charge >= 0.3 is 0 Å². The second kappa shape index (κ2) is 10.5. The fourth-order valence-corrected chi connectivity index (χ4v) is 3.72. The molecule has 0 heterocycles. The fraction of sp³-hybridized carbons (Fsp3) is 0.0870. The number of nitrogens with zero attached hydrogens (tertiary/aromatic N) is 1. The number of carbonyl (C=O) groups is 2. The number of hydrogen-bond donors (Lipinski definition) is 2. The van der Waals surface area contributed by atoms with Gasteiger partial charge in [0.25, 0.3) is 5.91 Å². The number of amides is 1. The smallest absolute Gasteiger partial charge is 0.262 e. The standard InChI is InChI=1S/C23H17Cl2N3O3S/c1-13-6-18(32-27)3-4-20(13)28-22(29)12-31-21-5-2-16(24)10-19(21)23(30)15-7-14(11-26)8-17(25)9-15/h2-10H,12,27H2,1H3,(H,28,29). The van der Waals surface area contributed by atoms with Gasteiger partial charge in [-0.05, 0) is 79.0 Å². The number of benzene rings is 3. The van der Waals surface area contributed by atoms with Crippen LogP contribution in [0.1, 0.15) is 27.0 Å². The molecular weight excluding hydrogens is 469 g/mol. The van der Waals surface area contributed by atoms with E-state index in [1.807, 2.05) is 19.1 Å². The van der Waals surface area contributed by atoms with E-state index < -0.39 is 11.7 Å². The van der Waals surface area contributed by atoms with Crippen molar-refractivity contribution in [1.82, 2.24) is 0 Å². The highest BCUT2D eigenvalue weighted by Gasteiger charge is 2.18. The van der Waals surface area contributed by atoms with Gasteiger partial charge in [-0.3, -0.25) is 14.7 Å². The molecule has 0 unspecified atom stereocenters. The lowest BCUT2D eigenvalue weighted by molar-refractivity contribution is -0.118. The molecule has 0 spiro atoms. The first-order chi connectivity index (χ1) is 15.3. The average Bonchev–Trinajstić information content (AvgIpc) is 2.78. The van der Waals surface area contributed by atoms with Crippen LogP contribution in [-0.2, 0) is 4.79 Å². The Morgan fingerprint density at radius 1 is 1.09 bits per heavy atom. The van der Waals surface area contributed by atoms with E-state index in [0.29, 0.717) is 10.7 Å². The lowest BCUT2D eigenvalue weighted by atomic mass is 10.0. The summed E-state index contributed by atoms with van der Waals surface area (Å²) in [5, 5.41) is 18.0. The van der Waals surface area contributed by atoms with Crippen LogP contribution in [0.5, 0.6) is 5.75 Å². The SMILES string of the molecule is Cc1cc(SN)ccc1NC(=O)COc1ccc(Cl)cc1C(=O)c1cc(Cl)cc(C#N)c1. The summed E-state index contributed by atoms with van der Waals surface area (Å²) in [4.78, 5) is 26.3. The Kier molecular flexibility index (Phi) is 7.78. The summed E-state index contributed by atoms with van der Waals surface area (Å²) in [6.07, 6.45) is 0. The predicted octanol–water partition coefficient (Wildman–Crippen LogP) is 5.39. The number of halogens is 2. The van der Waals surface area contributed by atoms with E-state index in [9.17, 15) is 9.59 Å². The molecule has 3 N–H and O–H groups in total. The summed E-state index contributed by atoms with van der Waals surface area (Å²) >= 11 is 13.2. The van der Waals surface area contributed by atoms with Crippen LogP contribution in [0, 0.1) is 18.3 Å². The van der Waals surface area contributed by atoms with E-state index >= 15 is 0 Å². The molecule has 0 aliphatic rings. The van der Waals surface area contributed by atoms with Gasteiger partial charge in [0.1, 0.15) is 5.75 Å². The van der Waals surface area contributed by atoms with Gasteiger partial charge in [0.05, 0.1) is 17.2 Å². The quantitative estimate of drug-likeness (QED) is 0.343. The number of anilines is 1.